The first-order valence-corrected chi connectivity index (χ1v) is 4.74. The Morgan fingerprint density at radius 1 is 1.12 bits per heavy atom. The molecule has 0 bridgehead atoms. The SMILES string of the molecule is Cc1cnc(Oc2ccc(C#N)cc2)nc1. The largest absolute Gasteiger partial charge is 0.424 e. The number of rotatable bonds is 2. The fraction of sp³-hybridized carbons (Fsp3) is 0.0833. The maximum atomic E-state index is 8.63. The van der Waals surface area contributed by atoms with Gasteiger partial charge in [0, 0.05) is 12.4 Å². The molecule has 0 atom stereocenters. The average Bonchev–Trinajstić information content (AvgIpc) is 2.33. The standard InChI is InChI=1S/C12H9N3O/c1-9-7-14-12(15-8-9)16-11-4-2-10(6-13)3-5-11/h2-5,7-8H,1H3. The number of ether oxygens (including phenoxy) is 1. The summed E-state index contributed by atoms with van der Waals surface area (Å²) < 4.78 is 5.40. The van der Waals surface area contributed by atoms with E-state index < -0.39 is 0 Å². The number of aryl methyl sites for hydroxylation is 1. The molecule has 2 rings (SSSR count). The molecule has 1 heterocycles. The molecule has 16 heavy (non-hydrogen) atoms. The van der Waals surface area contributed by atoms with E-state index in [1.54, 1.807) is 36.7 Å². The van der Waals surface area contributed by atoms with Crippen molar-refractivity contribution in [1.29, 1.82) is 5.26 Å². The van der Waals surface area contributed by atoms with Crippen LogP contribution in [0.1, 0.15) is 11.1 Å². The quantitative estimate of drug-likeness (QED) is 0.765. The minimum atomic E-state index is 0.301. The lowest BCUT2D eigenvalue weighted by Gasteiger charge is -2.02. The normalized spacial score (nSPS) is 9.50. The molecule has 0 amide bonds. The summed E-state index contributed by atoms with van der Waals surface area (Å²) in [7, 11) is 0. The lowest BCUT2D eigenvalue weighted by atomic mass is 10.2. The van der Waals surface area contributed by atoms with Gasteiger partial charge in [0.05, 0.1) is 11.6 Å². The van der Waals surface area contributed by atoms with Gasteiger partial charge >= 0.3 is 6.01 Å². The maximum absolute atomic E-state index is 8.63. The van der Waals surface area contributed by atoms with Crippen molar-refractivity contribution >= 4 is 0 Å². The molecule has 78 valence electrons. The zero-order valence-corrected chi connectivity index (χ0v) is 8.71. The summed E-state index contributed by atoms with van der Waals surface area (Å²) in [5.41, 5.74) is 1.57. The zero-order valence-electron chi connectivity index (χ0n) is 8.71. The van der Waals surface area contributed by atoms with Gasteiger partial charge in [-0.25, -0.2) is 9.97 Å². The van der Waals surface area contributed by atoms with Gasteiger partial charge in [-0.2, -0.15) is 5.26 Å². The average molecular weight is 211 g/mol. The number of benzene rings is 1. The van der Waals surface area contributed by atoms with E-state index in [0.717, 1.165) is 5.56 Å². The Morgan fingerprint density at radius 2 is 1.75 bits per heavy atom. The predicted octanol–water partition coefficient (Wildman–Crippen LogP) is 2.45. The summed E-state index contributed by atoms with van der Waals surface area (Å²) in [5, 5.41) is 8.63. The van der Waals surface area contributed by atoms with Crippen LogP contribution in [0.15, 0.2) is 36.7 Å². The van der Waals surface area contributed by atoms with E-state index in [4.69, 9.17) is 10.00 Å². The number of nitrogens with zero attached hydrogens (tertiary/aromatic N) is 3. The van der Waals surface area contributed by atoms with Gasteiger partial charge in [-0.15, -0.1) is 0 Å². The van der Waals surface area contributed by atoms with Crippen molar-refractivity contribution in [3.8, 4) is 17.8 Å². The van der Waals surface area contributed by atoms with Crippen molar-refractivity contribution in [2.75, 3.05) is 0 Å². The molecular weight excluding hydrogens is 202 g/mol. The van der Waals surface area contributed by atoms with Gasteiger partial charge in [0.15, 0.2) is 0 Å². The van der Waals surface area contributed by atoms with Crippen molar-refractivity contribution in [2.45, 2.75) is 6.92 Å². The first kappa shape index (κ1) is 10.1. The Labute approximate surface area is 93.2 Å². The molecule has 0 saturated carbocycles. The van der Waals surface area contributed by atoms with Crippen LogP contribution in [0.2, 0.25) is 0 Å². The van der Waals surface area contributed by atoms with E-state index in [-0.39, 0.29) is 0 Å². The Balaban J connectivity index is 2.15. The van der Waals surface area contributed by atoms with E-state index in [1.807, 2.05) is 13.0 Å². The van der Waals surface area contributed by atoms with Crippen LogP contribution in [0, 0.1) is 18.3 Å². The topological polar surface area (TPSA) is 58.8 Å². The van der Waals surface area contributed by atoms with E-state index in [1.165, 1.54) is 0 Å². The molecular formula is C12H9N3O. The van der Waals surface area contributed by atoms with E-state index in [0.29, 0.717) is 17.3 Å². The van der Waals surface area contributed by atoms with Crippen molar-refractivity contribution in [1.82, 2.24) is 9.97 Å². The number of hydrogen-bond donors (Lipinski definition) is 0. The molecule has 0 saturated heterocycles. The molecule has 0 aliphatic rings. The van der Waals surface area contributed by atoms with Gasteiger partial charge in [0.2, 0.25) is 0 Å². The Hall–Kier alpha value is -2.41. The molecule has 0 aliphatic heterocycles. The highest BCUT2D eigenvalue weighted by molar-refractivity contribution is 5.35. The summed E-state index contributed by atoms with van der Waals surface area (Å²) in [6, 6.07) is 9.13. The van der Waals surface area contributed by atoms with Gasteiger partial charge in [-0.3, -0.25) is 0 Å². The minimum Gasteiger partial charge on any atom is -0.424 e. The van der Waals surface area contributed by atoms with Crippen LogP contribution in [-0.4, -0.2) is 9.97 Å². The molecule has 2 aromatic rings. The Bertz CT molecular complexity index is 511. The van der Waals surface area contributed by atoms with E-state index in [2.05, 4.69) is 9.97 Å². The first-order valence-electron chi connectivity index (χ1n) is 4.74. The Kier molecular flexibility index (Phi) is 2.79. The molecule has 1 aromatic carbocycles. The molecule has 0 radical (unpaired) electrons. The van der Waals surface area contributed by atoms with Crippen LogP contribution >= 0.6 is 0 Å². The second kappa shape index (κ2) is 4.41. The summed E-state index contributed by atoms with van der Waals surface area (Å²) in [6.07, 6.45) is 3.37. The zero-order chi connectivity index (χ0) is 11.4. The van der Waals surface area contributed by atoms with Crippen LogP contribution in [0.25, 0.3) is 0 Å². The van der Waals surface area contributed by atoms with Gasteiger partial charge < -0.3 is 4.74 Å². The number of nitriles is 1. The van der Waals surface area contributed by atoms with Crippen LogP contribution in [0.5, 0.6) is 11.8 Å². The second-order valence-electron chi connectivity index (χ2n) is 3.28. The summed E-state index contributed by atoms with van der Waals surface area (Å²) >= 11 is 0. The van der Waals surface area contributed by atoms with Crippen LogP contribution in [0.4, 0.5) is 0 Å². The highest BCUT2D eigenvalue weighted by Gasteiger charge is 1.99. The van der Waals surface area contributed by atoms with Crippen LogP contribution in [-0.2, 0) is 0 Å². The fourth-order valence-corrected chi connectivity index (χ4v) is 1.14. The van der Waals surface area contributed by atoms with Gasteiger partial charge in [-0.1, -0.05) is 0 Å². The highest BCUT2D eigenvalue weighted by Crippen LogP contribution is 2.17. The summed E-state index contributed by atoms with van der Waals surface area (Å²) in [4.78, 5) is 8.04. The number of hydrogen-bond acceptors (Lipinski definition) is 4. The second-order valence-corrected chi connectivity index (χ2v) is 3.28. The Morgan fingerprint density at radius 3 is 2.31 bits per heavy atom. The van der Waals surface area contributed by atoms with Gasteiger partial charge in [-0.05, 0) is 36.8 Å². The first-order chi connectivity index (χ1) is 7.78. The molecule has 0 aliphatic carbocycles. The molecule has 0 fully saturated rings. The predicted molar refractivity (Wildman–Crippen MR) is 58.0 cm³/mol. The maximum Gasteiger partial charge on any atom is 0.321 e. The van der Waals surface area contributed by atoms with Crippen molar-refractivity contribution < 1.29 is 4.74 Å². The molecule has 0 N–H and O–H groups in total. The van der Waals surface area contributed by atoms with E-state index in [9.17, 15) is 0 Å². The van der Waals surface area contributed by atoms with Gasteiger partial charge in [0.25, 0.3) is 0 Å². The summed E-state index contributed by atoms with van der Waals surface area (Å²) in [5.74, 6) is 0.614. The highest BCUT2D eigenvalue weighted by atomic mass is 16.5. The monoisotopic (exact) mass is 211 g/mol. The smallest absolute Gasteiger partial charge is 0.321 e. The molecule has 0 unspecified atom stereocenters. The molecule has 1 aromatic heterocycles. The van der Waals surface area contributed by atoms with Crippen molar-refractivity contribution in [3.05, 3.63) is 47.8 Å². The van der Waals surface area contributed by atoms with Crippen LogP contribution < -0.4 is 4.74 Å². The number of aromatic nitrogens is 2. The third-order valence-electron chi connectivity index (χ3n) is 1.95. The van der Waals surface area contributed by atoms with Crippen molar-refractivity contribution in [3.63, 3.8) is 0 Å². The molecule has 4 heteroatoms. The molecule has 0 spiro atoms. The third-order valence-corrected chi connectivity index (χ3v) is 1.95. The molecule has 4 nitrogen and oxygen atoms in total. The minimum absolute atomic E-state index is 0.301. The lowest BCUT2D eigenvalue weighted by Crippen LogP contribution is -1.91. The van der Waals surface area contributed by atoms with Crippen LogP contribution in [0.3, 0.4) is 0 Å². The third kappa shape index (κ3) is 2.34. The lowest BCUT2D eigenvalue weighted by molar-refractivity contribution is 0.441. The van der Waals surface area contributed by atoms with E-state index >= 15 is 0 Å². The fourth-order valence-electron chi connectivity index (χ4n) is 1.14. The van der Waals surface area contributed by atoms with Crippen molar-refractivity contribution in [2.24, 2.45) is 0 Å². The van der Waals surface area contributed by atoms with Gasteiger partial charge in [0.1, 0.15) is 5.75 Å². The summed E-state index contributed by atoms with van der Waals surface area (Å²) in [6.45, 7) is 1.91.